The highest BCUT2D eigenvalue weighted by molar-refractivity contribution is 6.12. The summed E-state index contributed by atoms with van der Waals surface area (Å²) in [4.78, 5) is 31.7. The van der Waals surface area contributed by atoms with Crippen molar-refractivity contribution < 1.29 is 52.2 Å². The van der Waals surface area contributed by atoms with Gasteiger partial charge in [0.25, 0.3) is 5.91 Å². The van der Waals surface area contributed by atoms with Crippen LogP contribution in [0.3, 0.4) is 0 Å². The number of Topliss-reactive ketones (excluding diaryl/α,β-unsaturated/α-hetero) is 1. The quantitative estimate of drug-likeness (QED) is 0.161. The summed E-state index contributed by atoms with van der Waals surface area (Å²) in [5.74, 6) is 2.56. The first-order valence-electron chi connectivity index (χ1n) is 17.1. The predicted molar refractivity (Wildman–Crippen MR) is 202 cm³/mol. The average molecular weight is 741 g/mol. The number of amides is 1. The van der Waals surface area contributed by atoms with E-state index < -0.39 is 11.9 Å². The van der Waals surface area contributed by atoms with Gasteiger partial charge in [0.2, 0.25) is 17.2 Å². The van der Waals surface area contributed by atoms with E-state index in [1.54, 1.807) is 50.5 Å². The van der Waals surface area contributed by atoms with E-state index in [0.29, 0.717) is 86.4 Å². The molecule has 0 unspecified atom stereocenters. The zero-order valence-corrected chi connectivity index (χ0v) is 31.8. The summed E-state index contributed by atoms with van der Waals surface area (Å²) in [6, 6.07) is 16.9. The molecule has 13 nitrogen and oxygen atoms in total. The second kappa shape index (κ2) is 15.8. The van der Waals surface area contributed by atoms with Gasteiger partial charge in [0.1, 0.15) is 0 Å². The van der Waals surface area contributed by atoms with Crippen molar-refractivity contribution in [3.63, 3.8) is 0 Å². The second-order valence-corrected chi connectivity index (χ2v) is 12.5. The van der Waals surface area contributed by atoms with Gasteiger partial charge in [0.05, 0.1) is 81.4 Å². The molecule has 1 amide bonds. The molecule has 54 heavy (non-hydrogen) atoms. The minimum absolute atomic E-state index is 0.128. The summed E-state index contributed by atoms with van der Waals surface area (Å²) in [7, 11) is 13.7. The minimum atomic E-state index is -0.968. The smallest absolute Gasteiger partial charge is 0.259 e. The summed E-state index contributed by atoms with van der Waals surface area (Å²) in [5.41, 5.74) is 3.83. The van der Waals surface area contributed by atoms with Crippen molar-refractivity contribution in [3.05, 3.63) is 88.6 Å². The number of para-hydroxylation sites is 2. The van der Waals surface area contributed by atoms with E-state index in [-0.39, 0.29) is 23.7 Å². The molecule has 1 aliphatic carbocycles. The number of anilines is 2. The molecule has 2 aliphatic rings. The third-order valence-corrected chi connectivity index (χ3v) is 9.78. The molecule has 0 radical (unpaired) electrons. The molecule has 0 fully saturated rings. The molecule has 1 N–H and O–H groups in total. The molecular weight excluding hydrogens is 696 g/mol. The van der Waals surface area contributed by atoms with Crippen molar-refractivity contribution in [2.24, 2.45) is 0 Å². The number of nitrogens with zero attached hydrogens (tertiary/aromatic N) is 1. The maximum atomic E-state index is 15.2. The Morgan fingerprint density at radius 2 is 1.04 bits per heavy atom. The zero-order valence-electron chi connectivity index (χ0n) is 31.8. The largest absolute Gasteiger partial charge is 0.493 e. The number of fused-ring (bicyclic) bond motifs is 1. The summed E-state index contributed by atoms with van der Waals surface area (Å²) >= 11 is 0. The van der Waals surface area contributed by atoms with Gasteiger partial charge in [-0.3, -0.25) is 14.5 Å². The molecule has 4 aromatic rings. The number of methoxy groups -OCH3 is 9. The van der Waals surface area contributed by atoms with Gasteiger partial charge in [0, 0.05) is 23.3 Å². The SMILES string of the molecule is COc1cc(C(=O)N2c3ccccc3NC3=C(C(=O)C[C@@H](c4cc(OC)c(OC)c(OC)c4)C3)[C@@H]2c2cc(OC)c(OC)c(OC)c2)cc(OC)c1OC. The maximum Gasteiger partial charge on any atom is 0.259 e. The minimum Gasteiger partial charge on any atom is -0.493 e. The molecule has 0 spiro atoms. The number of ether oxygens (including phenoxy) is 9. The van der Waals surface area contributed by atoms with Crippen LogP contribution in [-0.2, 0) is 4.79 Å². The van der Waals surface area contributed by atoms with Gasteiger partial charge in [-0.15, -0.1) is 0 Å². The van der Waals surface area contributed by atoms with Crippen LogP contribution in [0, 0.1) is 0 Å². The van der Waals surface area contributed by atoms with E-state index in [4.69, 9.17) is 42.6 Å². The fourth-order valence-corrected chi connectivity index (χ4v) is 7.30. The van der Waals surface area contributed by atoms with Crippen LogP contribution in [0.4, 0.5) is 11.4 Å². The van der Waals surface area contributed by atoms with Gasteiger partial charge in [0.15, 0.2) is 40.3 Å². The van der Waals surface area contributed by atoms with Crippen molar-refractivity contribution in [1.82, 2.24) is 0 Å². The first-order chi connectivity index (χ1) is 26.2. The van der Waals surface area contributed by atoms with Crippen LogP contribution in [0.25, 0.3) is 0 Å². The molecule has 13 heteroatoms. The van der Waals surface area contributed by atoms with E-state index in [2.05, 4.69) is 5.32 Å². The Morgan fingerprint density at radius 3 is 1.50 bits per heavy atom. The van der Waals surface area contributed by atoms with E-state index >= 15 is 4.79 Å². The maximum absolute atomic E-state index is 15.2. The second-order valence-electron chi connectivity index (χ2n) is 12.5. The van der Waals surface area contributed by atoms with Gasteiger partial charge in [-0.25, -0.2) is 0 Å². The van der Waals surface area contributed by atoms with Crippen molar-refractivity contribution in [2.45, 2.75) is 24.8 Å². The van der Waals surface area contributed by atoms with Crippen molar-refractivity contribution in [1.29, 1.82) is 0 Å². The number of nitrogens with one attached hydrogen (secondary N) is 1. The summed E-state index contributed by atoms with van der Waals surface area (Å²) in [5, 5.41) is 3.57. The third kappa shape index (κ3) is 6.50. The van der Waals surface area contributed by atoms with Gasteiger partial charge in [-0.2, -0.15) is 0 Å². The van der Waals surface area contributed by atoms with E-state index in [9.17, 15) is 4.79 Å². The Labute approximate surface area is 314 Å². The van der Waals surface area contributed by atoms with Gasteiger partial charge in [-0.05, 0) is 72.0 Å². The number of hydrogen-bond donors (Lipinski definition) is 1. The van der Waals surface area contributed by atoms with Crippen LogP contribution in [0.5, 0.6) is 51.7 Å². The first kappa shape index (κ1) is 37.5. The van der Waals surface area contributed by atoms with Gasteiger partial charge >= 0.3 is 0 Å². The van der Waals surface area contributed by atoms with Crippen molar-refractivity contribution in [3.8, 4) is 51.7 Å². The summed E-state index contributed by atoms with van der Waals surface area (Å²) < 4.78 is 50.9. The molecule has 6 rings (SSSR count). The Kier molecular flexibility index (Phi) is 11.0. The highest BCUT2D eigenvalue weighted by atomic mass is 16.5. The molecule has 2 atom stereocenters. The van der Waals surface area contributed by atoms with Crippen molar-refractivity contribution in [2.75, 3.05) is 74.2 Å². The van der Waals surface area contributed by atoms with Crippen LogP contribution >= 0.6 is 0 Å². The lowest BCUT2D eigenvalue weighted by atomic mass is 9.78. The topological polar surface area (TPSA) is 132 Å². The van der Waals surface area contributed by atoms with Crippen LogP contribution in [0.2, 0.25) is 0 Å². The number of hydrogen-bond acceptors (Lipinski definition) is 12. The fraction of sp³-hybridized carbons (Fsp3) is 0.317. The van der Waals surface area contributed by atoms with E-state index in [1.165, 1.54) is 42.7 Å². The number of carbonyl (C=O) groups is 2. The predicted octanol–water partition coefficient (Wildman–Crippen LogP) is 6.98. The van der Waals surface area contributed by atoms with Crippen LogP contribution in [0.15, 0.2) is 71.9 Å². The monoisotopic (exact) mass is 740 g/mol. The lowest BCUT2D eigenvalue weighted by Crippen LogP contribution is -2.38. The molecular formula is C41H44N2O11. The normalized spacial score (nSPS) is 16.2. The standard InChI is InChI=1S/C41H44N2O11/c1-46-30-16-23(17-31(47-2)38(30)52-7)22-14-27-36(29(44)15-22)37(24-18-32(48-3)39(53-8)33(19-24)49-4)43(28-13-11-10-12-26(28)42-27)41(45)25-20-34(50-5)40(54-9)35(21-25)51-6/h10-13,16-22,37,42H,14-15H2,1-9H3/t22-,37-/m0/s1. The van der Waals surface area contributed by atoms with Crippen LogP contribution in [0.1, 0.15) is 46.3 Å². The van der Waals surface area contributed by atoms with Crippen molar-refractivity contribution >= 4 is 23.1 Å². The molecule has 284 valence electrons. The van der Waals surface area contributed by atoms with Gasteiger partial charge < -0.3 is 47.9 Å². The molecule has 0 bridgehead atoms. The molecule has 0 aromatic heterocycles. The third-order valence-electron chi connectivity index (χ3n) is 9.78. The van der Waals surface area contributed by atoms with Gasteiger partial charge in [-0.1, -0.05) is 12.1 Å². The summed E-state index contributed by atoms with van der Waals surface area (Å²) in [6.45, 7) is 0. The van der Waals surface area contributed by atoms with E-state index in [1.807, 2.05) is 36.4 Å². The molecule has 1 aliphatic heterocycles. The molecule has 1 heterocycles. The van der Waals surface area contributed by atoms with Crippen LogP contribution < -0.4 is 52.8 Å². The lowest BCUT2D eigenvalue weighted by Gasteiger charge is -2.35. The lowest BCUT2D eigenvalue weighted by molar-refractivity contribution is -0.116. The highest BCUT2D eigenvalue weighted by Crippen LogP contribution is 2.52. The molecule has 0 saturated heterocycles. The Hall–Kier alpha value is -6.24. The number of rotatable bonds is 12. The fourth-order valence-electron chi connectivity index (χ4n) is 7.30. The Balaban J connectivity index is 1.62. The first-order valence-corrected chi connectivity index (χ1v) is 17.1. The number of benzene rings is 4. The van der Waals surface area contributed by atoms with Crippen LogP contribution in [-0.4, -0.2) is 75.7 Å². The number of ketones is 1. The summed E-state index contributed by atoms with van der Waals surface area (Å²) in [6.07, 6.45) is 0.545. The highest BCUT2D eigenvalue weighted by Gasteiger charge is 2.43. The Morgan fingerprint density at radius 1 is 0.593 bits per heavy atom. The average Bonchev–Trinajstić information content (AvgIpc) is 3.36. The Bertz CT molecular complexity index is 2040. The molecule has 0 saturated carbocycles. The zero-order chi connectivity index (χ0) is 38.7. The number of allylic oxidation sites excluding steroid dienone is 1. The van der Waals surface area contributed by atoms with E-state index in [0.717, 1.165) is 5.56 Å². The molecule has 4 aromatic carbocycles. The number of carbonyl (C=O) groups excluding carboxylic acids is 2.